The molecule has 3 rings (SSSR count). The van der Waals surface area contributed by atoms with Gasteiger partial charge in [0.1, 0.15) is 11.8 Å². The average Bonchev–Trinajstić information content (AvgIpc) is 3.07. The molecule has 3 unspecified atom stereocenters. The lowest BCUT2D eigenvalue weighted by atomic mass is 9.89. The Hall–Kier alpha value is -1.69. The van der Waals surface area contributed by atoms with Gasteiger partial charge >= 0.3 is 0 Å². The predicted molar refractivity (Wildman–Crippen MR) is 75.1 cm³/mol. The molecular formula is C16H20N2O. The molecule has 0 heterocycles. The number of fused-ring (bicyclic) bond motifs is 2. The van der Waals surface area contributed by atoms with Gasteiger partial charge in [0.15, 0.2) is 0 Å². The van der Waals surface area contributed by atoms with Crippen LogP contribution in [0.1, 0.15) is 31.2 Å². The van der Waals surface area contributed by atoms with Crippen LogP contribution in [0.3, 0.4) is 0 Å². The van der Waals surface area contributed by atoms with Crippen molar-refractivity contribution in [3.05, 3.63) is 23.8 Å². The minimum absolute atomic E-state index is 0.698. The van der Waals surface area contributed by atoms with Crippen LogP contribution in [0.2, 0.25) is 0 Å². The van der Waals surface area contributed by atoms with Gasteiger partial charge in [-0.25, -0.2) is 0 Å². The number of rotatable bonds is 4. The third-order valence-corrected chi connectivity index (χ3v) is 4.79. The van der Waals surface area contributed by atoms with Crippen molar-refractivity contribution in [1.82, 2.24) is 0 Å². The minimum Gasteiger partial charge on any atom is -0.497 e. The highest BCUT2D eigenvalue weighted by Crippen LogP contribution is 2.48. The number of methoxy groups -OCH3 is 1. The van der Waals surface area contributed by atoms with Crippen molar-refractivity contribution in [2.24, 2.45) is 17.8 Å². The molecule has 0 amide bonds. The van der Waals surface area contributed by atoms with E-state index in [-0.39, 0.29) is 0 Å². The van der Waals surface area contributed by atoms with Crippen molar-refractivity contribution >= 4 is 5.69 Å². The van der Waals surface area contributed by atoms with E-state index < -0.39 is 0 Å². The number of anilines is 1. The van der Waals surface area contributed by atoms with Crippen LogP contribution >= 0.6 is 0 Å². The quantitative estimate of drug-likeness (QED) is 0.897. The van der Waals surface area contributed by atoms with Crippen LogP contribution in [-0.2, 0) is 0 Å². The van der Waals surface area contributed by atoms with Gasteiger partial charge in [0.05, 0.1) is 18.4 Å². The second kappa shape index (κ2) is 5.13. The van der Waals surface area contributed by atoms with Crippen molar-refractivity contribution in [2.45, 2.75) is 25.7 Å². The van der Waals surface area contributed by atoms with Gasteiger partial charge in [0.25, 0.3) is 0 Å². The summed E-state index contributed by atoms with van der Waals surface area (Å²) in [5.41, 5.74) is 1.61. The van der Waals surface area contributed by atoms with Crippen molar-refractivity contribution in [3.63, 3.8) is 0 Å². The Morgan fingerprint density at radius 2 is 2.26 bits per heavy atom. The number of nitrogens with one attached hydrogen (secondary N) is 1. The zero-order chi connectivity index (χ0) is 13.2. The number of ether oxygens (including phenoxy) is 1. The summed E-state index contributed by atoms with van der Waals surface area (Å²) < 4.78 is 5.23. The molecule has 19 heavy (non-hydrogen) atoms. The van der Waals surface area contributed by atoms with Crippen molar-refractivity contribution in [1.29, 1.82) is 5.26 Å². The van der Waals surface area contributed by atoms with Crippen LogP contribution in [0.25, 0.3) is 0 Å². The highest BCUT2D eigenvalue weighted by atomic mass is 16.5. The number of hydrogen-bond donors (Lipinski definition) is 1. The van der Waals surface area contributed by atoms with Gasteiger partial charge in [0, 0.05) is 12.6 Å². The van der Waals surface area contributed by atoms with E-state index in [4.69, 9.17) is 10.00 Å². The van der Waals surface area contributed by atoms with Crippen molar-refractivity contribution < 1.29 is 4.74 Å². The van der Waals surface area contributed by atoms with Crippen molar-refractivity contribution in [3.8, 4) is 11.8 Å². The summed E-state index contributed by atoms with van der Waals surface area (Å²) in [4.78, 5) is 0. The van der Waals surface area contributed by atoms with Gasteiger partial charge in [-0.3, -0.25) is 0 Å². The predicted octanol–water partition coefficient (Wildman–Crippen LogP) is 3.41. The fourth-order valence-corrected chi connectivity index (χ4v) is 3.76. The Kier molecular flexibility index (Phi) is 3.33. The van der Waals surface area contributed by atoms with E-state index in [1.165, 1.54) is 25.7 Å². The Balaban J connectivity index is 1.67. The van der Waals surface area contributed by atoms with Gasteiger partial charge in [0.2, 0.25) is 0 Å². The van der Waals surface area contributed by atoms with Gasteiger partial charge in [-0.2, -0.15) is 5.26 Å². The Labute approximate surface area is 114 Å². The smallest absolute Gasteiger partial charge is 0.121 e. The largest absolute Gasteiger partial charge is 0.497 e. The lowest BCUT2D eigenvalue weighted by Gasteiger charge is -2.22. The Morgan fingerprint density at radius 3 is 2.89 bits per heavy atom. The third kappa shape index (κ3) is 2.40. The SMILES string of the molecule is COc1ccc(C#N)c(NCC2CC3CCC2C3)c1. The molecule has 0 aliphatic heterocycles. The molecular weight excluding hydrogens is 236 g/mol. The first-order valence-electron chi connectivity index (χ1n) is 7.12. The molecule has 2 fully saturated rings. The first-order chi connectivity index (χ1) is 9.30. The number of nitrogens with zero attached hydrogens (tertiary/aromatic N) is 1. The summed E-state index contributed by atoms with van der Waals surface area (Å²) in [5, 5.41) is 12.6. The molecule has 2 bridgehead atoms. The minimum atomic E-state index is 0.698. The first-order valence-corrected chi connectivity index (χ1v) is 7.12. The normalized spacial score (nSPS) is 28.1. The molecule has 3 heteroatoms. The van der Waals surface area contributed by atoms with Gasteiger partial charge in [-0.05, 0) is 49.1 Å². The molecule has 2 saturated carbocycles. The lowest BCUT2D eigenvalue weighted by molar-refractivity contribution is 0.348. The molecule has 1 aromatic rings. The molecule has 3 atom stereocenters. The molecule has 0 saturated heterocycles. The van der Waals surface area contributed by atoms with Gasteiger partial charge in [-0.15, -0.1) is 0 Å². The zero-order valence-corrected chi connectivity index (χ0v) is 11.4. The van der Waals surface area contributed by atoms with Crippen LogP contribution in [0, 0.1) is 29.1 Å². The molecule has 0 spiro atoms. The summed E-state index contributed by atoms with van der Waals surface area (Å²) >= 11 is 0. The number of hydrogen-bond acceptors (Lipinski definition) is 3. The highest BCUT2D eigenvalue weighted by molar-refractivity contribution is 5.60. The molecule has 100 valence electrons. The van der Waals surface area contributed by atoms with E-state index in [2.05, 4.69) is 11.4 Å². The van der Waals surface area contributed by atoms with E-state index in [9.17, 15) is 0 Å². The highest BCUT2D eigenvalue weighted by Gasteiger charge is 2.39. The standard InChI is InChI=1S/C16H20N2O/c1-19-15-5-4-13(9-17)16(8-15)18-10-14-7-11-2-3-12(14)6-11/h4-5,8,11-12,14,18H,2-3,6-7,10H2,1H3. The van der Waals surface area contributed by atoms with Crippen LogP contribution < -0.4 is 10.1 Å². The molecule has 2 aliphatic rings. The second-order valence-electron chi connectivity index (χ2n) is 5.84. The van der Waals surface area contributed by atoms with Crippen LogP contribution in [-0.4, -0.2) is 13.7 Å². The lowest BCUT2D eigenvalue weighted by Crippen LogP contribution is -2.20. The molecule has 0 aromatic heterocycles. The zero-order valence-electron chi connectivity index (χ0n) is 11.4. The molecule has 3 nitrogen and oxygen atoms in total. The third-order valence-electron chi connectivity index (χ3n) is 4.79. The average molecular weight is 256 g/mol. The maximum Gasteiger partial charge on any atom is 0.121 e. The maximum absolute atomic E-state index is 9.15. The van der Waals surface area contributed by atoms with Gasteiger partial charge < -0.3 is 10.1 Å². The fourth-order valence-electron chi connectivity index (χ4n) is 3.76. The second-order valence-corrected chi connectivity index (χ2v) is 5.84. The molecule has 2 aliphatic carbocycles. The summed E-state index contributed by atoms with van der Waals surface area (Å²) in [6.07, 6.45) is 5.63. The van der Waals surface area contributed by atoms with Crippen LogP contribution in [0.15, 0.2) is 18.2 Å². The molecule has 1 N–H and O–H groups in total. The number of benzene rings is 1. The van der Waals surface area contributed by atoms with Crippen LogP contribution in [0.4, 0.5) is 5.69 Å². The summed E-state index contributed by atoms with van der Waals surface area (Å²) in [5.74, 6) is 3.47. The van der Waals surface area contributed by atoms with E-state index in [1.807, 2.05) is 18.2 Å². The van der Waals surface area contributed by atoms with E-state index in [0.29, 0.717) is 5.56 Å². The summed E-state index contributed by atoms with van der Waals surface area (Å²) in [7, 11) is 1.65. The fraction of sp³-hybridized carbons (Fsp3) is 0.562. The van der Waals surface area contributed by atoms with Crippen molar-refractivity contribution in [2.75, 3.05) is 19.0 Å². The van der Waals surface area contributed by atoms with E-state index >= 15 is 0 Å². The van der Waals surface area contributed by atoms with Gasteiger partial charge in [-0.1, -0.05) is 6.42 Å². The monoisotopic (exact) mass is 256 g/mol. The maximum atomic E-state index is 9.15. The van der Waals surface area contributed by atoms with E-state index in [0.717, 1.165) is 35.7 Å². The Morgan fingerprint density at radius 1 is 1.37 bits per heavy atom. The Bertz CT molecular complexity index is 506. The molecule has 0 radical (unpaired) electrons. The summed E-state index contributed by atoms with van der Waals surface area (Å²) in [6.45, 7) is 0.989. The van der Waals surface area contributed by atoms with Crippen LogP contribution in [0.5, 0.6) is 5.75 Å². The number of nitriles is 1. The topological polar surface area (TPSA) is 45.0 Å². The molecule has 1 aromatic carbocycles. The summed E-state index contributed by atoms with van der Waals surface area (Å²) in [6, 6.07) is 7.82. The van der Waals surface area contributed by atoms with E-state index in [1.54, 1.807) is 7.11 Å². The first kappa shape index (κ1) is 12.3.